The van der Waals surface area contributed by atoms with Crippen LogP contribution in [0.2, 0.25) is 0 Å². The van der Waals surface area contributed by atoms with Crippen LogP contribution in [0.4, 0.5) is 8.78 Å². The summed E-state index contributed by atoms with van der Waals surface area (Å²) >= 11 is 0. The second kappa shape index (κ2) is 5.42. The minimum atomic E-state index is -1.05. The highest BCUT2D eigenvalue weighted by atomic mass is 19.1. The van der Waals surface area contributed by atoms with Crippen LogP contribution in [0.1, 0.15) is 20.3 Å². The molecule has 96 valence electrons. The Bertz CT molecular complexity index is 363. The summed E-state index contributed by atoms with van der Waals surface area (Å²) in [4.78, 5) is 0. The molecule has 0 heterocycles. The molecule has 0 fully saturated rings. The maximum Gasteiger partial charge on any atom is 0.129 e. The topological polar surface area (TPSA) is 55.5 Å². The molecular formula is C12H17F2NO2. The molecule has 3 N–H and O–H groups in total. The Kier molecular flexibility index (Phi) is 4.42. The summed E-state index contributed by atoms with van der Waals surface area (Å²) < 4.78 is 31.1. The molecule has 3 nitrogen and oxygen atoms in total. The van der Waals surface area contributed by atoms with Crippen LogP contribution >= 0.6 is 0 Å². The van der Waals surface area contributed by atoms with E-state index in [1.807, 2.05) is 0 Å². The maximum absolute atomic E-state index is 12.9. The van der Waals surface area contributed by atoms with Crippen molar-refractivity contribution in [1.82, 2.24) is 0 Å². The van der Waals surface area contributed by atoms with Crippen molar-refractivity contribution in [2.45, 2.75) is 32.0 Å². The second-order valence-electron chi connectivity index (χ2n) is 4.44. The molecule has 1 rings (SSSR count). The van der Waals surface area contributed by atoms with Gasteiger partial charge in [-0.3, -0.25) is 0 Å². The van der Waals surface area contributed by atoms with E-state index in [1.54, 1.807) is 13.8 Å². The van der Waals surface area contributed by atoms with E-state index in [0.717, 1.165) is 18.2 Å². The lowest BCUT2D eigenvalue weighted by Crippen LogP contribution is -2.38. The van der Waals surface area contributed by atoms with Crippen LogP contribution in [0.15, 0.2) is 18.2 Å². The number of benzene rings is 1. The Morgan fingerprint density at radius 3 is 2.35 bits per heavy atom. The zero-order valence-electron chi connectivity index (χ0n) is 9.91. The van der Waals surface area contributed by atoms with Crippen LogP contribution < -0.4 is 10.5 Å². The Balaban J connectivity index is 2.65. The normalized spacial score (nSPS) is 16.4. The summed E-state index contributed by atoms with van der Waals surface area (Å²) in [6.07, 6.45) is -0.114. The zero-order chi connectivity index (χ0) is 13.1. The summed E-state index contributed by atoms with van der Waals surface area (Å²) in [6, 6.07) is 2.96. The van der Waals surface area contributed by atoms with Crippen LogP contribution in [-0.2, 0) is 0 Å². The molecule has 2 unspecified atom stereocenters. The molecule has 2 atom stereocenters. The first-order valence-corrected chi connectivity index (χ1v) is 5.37. The average molecular weight is 245 g/mol. The maximum atomic E-state index is 12.9. The van der Waals surface area contributed by atoms with Crippen molar-refractivity contribution in [2.75, 3.05) is 6.54 Å². The predicted molar refractivity (Wildman–Crippen MR) is 60.7 cm³/mol. The lowest BCUT2D eigenvalue weighted by atomic mass is 9.99. The molecule has 0 amide bonds. The van der Waals surface area contributed by atoms with E-state index in [0.29, 0.717) is 0 Å². The minimum absolute atomic E-state index is 0.0954. The number of nitrogens with two attached hydrogens (primary N) is 1. The molecule has 0 spiro atoms. The summed E-state index contributed by atoms with van der Waals surface area (Å²) in [5.74, 6) is -1.29. The van der Waals surface area contributed by atoms with E-state index in [9.17, 15) is 13.9 Å². The van der Waals surface area contributed by atoms with Gasteiger partial charge >= 0.3 is 0 Å². The van der Waals surface area contributed by atoms with Gasteiger partial charge in [-0.15, -0.1) is 0 Å². The Morgan fingerprint density at radius 2 is 1.88 bits per heavy atom. The van der Waals surface area contributed by atoms with Gasteiger partial charge in [0.15, 0.2) is 0 Å². The fourth-order valence-electron chi connectivity index (χ4n) is 1.57. The van der Waals surface area contributed by atoms with Gasteiger partial charge in [-0.2, -0.15) is 0 Å². The Hall–Kier alpha value is -1.20. The van der Waals surface area contributed by atoms with Gasteiger partial charge in [0.05, 0.1) is 11.7 Å². The first kappa shape index (κ1) is 13.9. The SMILES string of the molecule is CC(CC(C)(O)CN)Oc1cc(F)cc(F)c1. The van der Waals surface area contributed by atoms with E-state index >= 15 is 0 Å². The smallest absolute Gasteiger partial charge is 0.129 e. The molecule has 0 saturated heterocycles. The van der Waals surface area contributed by atoms with Crippen molar-refractivity contribution < 1.29 is 18.6 Å². The van der Waals surface area contributed by atoms with E-state index in [1.165, 1.54) is 0 Å². The fraction of sp³-hybridized carbons (Fsp3) is 0.500. The minimum Gasteiger partial charge on any atom is -0.490 e. The third kappa shape index (κ3) is 4.66. The van der Waals surface area contributed by atoms with Crippen LogP contribution in [0.25, 0.3) is 0 Å². The summed E-state index contributed by atoms with van der Waals surface area (Å²) in [5.41, 5.74) is 4.32. The van der Waals surface area contributed by atoms with Crippen molar-refractivity contribution >= 4 is 0 Å². The molecule has 0 aromatic heterocycles. The van der Waals surface area contributed by atoms with E-state index in [4.69, 9.17) is 10.5 Å². The second-order valence-corrected chi connectivity index (χ2v) is 4.44. The predicted octanol–water partition coefficient (Wildman–Crippen LogP) is 1.83. The molecule has 0 radical (unpaired) electrons. The largest absolute Gasteiger partial charge is 0.490 e. The highest BCUT2D eigenvalue weighted by Gasteiger charge is 2.22. The number of halogens is 2. The molecule has 1 aromatic rings. The highest BCUT2D eigenvalue weighted by molar-refractivity contribution is 5.24. The van der Waals surface area contributed by atoms with Crippen molar-refractivity contribution in [2.24, 2.45) is 5.73 Å². The molecule has 0 aliphatic rings. The summed E-state index contributed by atoms with van der Waals surface area (Å²) in [5, 5.41) is 9.73. The molecule has 5 heteroatoms. The van der Waals surface area contributed by atoms with E-state index in [-0.39, 0.29) is 18.7 Å². The molecule has 0 aliphatic carbocycles. The van der Waals surface area contributed by atoms with Gasteiger partial charge in [0.2, 0.25) is 0 Å². The quantitative estimate of drug-likeness (QED) is 0.832. The Labute approximate surface area is 99.2 Å². The molecule has 0 aliphatic heterocycles. The molecule has 0 saturated carbocycles. The number of hydrogen-bond acceptors (Lipinski definition) is 3. The van der Waals surface area contributed by atoms with E-state index < -0.39 is 23.3 Å². The van der Waals surface area contributed by atoms with Crippen LogP contribution in [0.3, 0.4) is 0 Å². The number of ether oxygens (including phenoxy) is 1. The van der Waals surface area contributed by atoms with Gasteiger partial charge < -0.3 is 15.6 Å². The van der Waals surface area contributed by atoms with Crippen LogP contribution in [0, 0.1) is 11.6 Å². The lowest BCUT2D eigenvalue weighted by molar-refractivity contribution is 0.0236. The van der Waals surface area contributed by atoms with Gasteiger partial charge in [0.1, 0.15) is 17.4 Å². The van der Waals surface area contributed by atoms with Gasteiger partial charge in [-0.05, 0) is 13.8 Å². The number of hydrogen-bond donors (Lipinski definition) is 2. The van der Waals surface area contributed by atoms with Crippen molar-refractivity contribution in [1.29, 1.82) is 0 Å². The van der Waals surface area contributed by atoms with E-state index in [2.05, 4.69) is 0 Å². The third-order valence-corrected chi connectivity index (χ3v) is 2.34. The van der Waals surface area contributed by atoms with Gasteiger partial charge in [-0.1, -0.05) is 0 Å². The molecule has 17 heavy (non-hydrogen) atoms. The van der Waals surface area contributed by atoms with Crippen molar-refractivity contribution in [3.8, 4) is 5.75 Å². The van der Waals surface area contributed by atoms with Crippen molar-refractivity contribution in [3.05, 3.63) is 29.8 Å². The molecule has 1 aromatic carbocycles. The summed E-state index contributed by atoms with van der Waals surface area (Å²) in [7, 11) is 0. The zero-order valence-corrected chi connectivity index (χ0v) is 9.91. The highest BCUT2D eigenvalue weighted by Crippen LogP contribution is 2.20. The molecular weight excluding hydrogens is 228 g/mol. The standard InChI is InChI=1S/C12H17F2NO2/c1-8(6-12(2,16)7-15)17-11-4-9(13)3-10(14)5-11/h3-5,8,16H,6-7,15H2,1-2H3. The first-order chi connectivity index (χ1) is 7.82. The average Bonchev–Trinajstić information content (AvgIpc) is 2.14. The number of aliphatic hydroxyl groups is 1. The fourth-order valence-corrected chi connectivity index (χ4v) is 1.57. The number of rotatable bonds is 5. The van der Waals surface area contributed by atoms with Gasteiger partial charge in [0, 0.05) is 31.2 Å². The lowest BCUT2D eigenvalue weighted by Gasteiger charge is -2.25. The van der Waals surface area contributed by atoms with Crippen LogP contribution in [-0.4, -0.2) is 23.4 Å². The summed E-state index contributed by atoms with van der Waals surface area (Å²) in [6.45, 7) is 3.38. The Morgan fingerprint density at radius 1 is 1.35 bits per heavy atom. The molecule has 0 bridgehead atoms. The van der Waals surface area contributed by atoms with Gasteiger partial charge in [0.25, 0.3) is 0 Å². The van der Waals surface area contributed by atoms with Crippen molar-refractivity contribution in [3.63, 3.8) is 0 Å². The first-order valence-electron chi connectivity index (χ1n) is 5.37. The monoisotopic (exact) mass is 245 g/mol. The third-order valence-electron chi connectivity index (χ3n) is 2.34. The van der Waals surface area contributed by atoms with Gasteiger partial charge in [-0.25, -0.2) is 8.78 Å². The van der Waals surface area contributed by atoms with Crippen LogP contribution in [0.5, 0.6) is 5.75 Å².